The zero-order chi connectivity index (χ0) is 24.3. The highest BCUT2D eigenvalue weighted by Gasteiger charge is 2.38. The molecule has 2 atom stereocenters. The minimum absolute atomic E-state index is 0.118. The Morgan fingerprint density at radius 2 is 1.65 bits per heavy atom. The third-order valence-electron chi connectivity index (χ3n) is 5.74. The van der Waals surface area contributed by atoms with E-state index in [0.717, 1.165) is 12.8 Å². The first-order valence-electron chi connectivity index (χ1n) is 11.3. The van der Waals surface area contributed by atoms with Gasteiger partial charge in [-0.1, -0.05) is 32.4 Å². The topological polar surface area (TPSA) is 73.9 Å². The van der Waals surface area contributed by atoms with Gasteiger partial charge in [0.2, 0.25) is 0 Å². The summed E-state index contributed by atoms with van der Waals surface area (Å²) in [5.74, 6) is 0. The maximum absolute atomic E-state index is 12.8. The summed E-state index contributed by atoms with van der Waals surface area (Å²) in [5, 5.41) is 0.118. The summed E-state index contributed by atoms with van der Waals surface area (Å²) < 4.78 is 27.6. The maximum atomic E-state index is 12.8. The number of hydrogen-bond acceptors (Lipinski definition) is 5. The number of likely N-dealkylation sites (tertiary alicyclic amines) is 1. The van der Waals surface area contributed by atoms with E-state index < -0.39 is 25.3 Å². The van der Waals surface area contributed by atoms with Gasteiger partial charge in [0.1, 0.15) is 10.3 Å². The summed E-state index contributed by atoms with van der Waals surface area (Å²) in [6, 6.07) is -0.128. The molecule has 1 aliphatic rings. The summed E-state index contributed by atoms with van der Waals surface area (Å²) in [7, 11) is -1.92. The average molecular weight is 475 g/mol. The molecule has 6 nitrogen and oxygen atoms in total. The van der Waals surface area contributed by atoms with Crippen LogP contribution in [-0.4, -0.2) is 59.9 Å². The van der Waals surface area contributed by atoms with Gasteiger partial charge in [-0.3, -0.25) is 0 Å². The molecule has 1 saturated heterocycles. The van der Waals surface area contributed by atoms with Gasteiger partial charge in [0.25, 0.3) is 0 Å². The molecular weight excluding hydrogens is 428 g/mol. The van der Waals surface area contributed by atoms with Crippen LogP contribution < -0.4 is 4.72 Å². The Bertz CT molecular complexity index is 623. The fourth-order valence-corrected chi connectivity index (χ4v) is 4.49. The summed E-state index contributed by atoms with van der Waals surface area (Å²) in [4.78, 5) is 14.1. The standard InChI is InChI=1S/C23H46N2O4SSi/c1-21(2,3)29-20(26)25-14-12-18(13-15-25)16-19(24-30(27)22(4,5)6)17-28-31(10,11)23(7,8)9/h16,19,24H,12-15,17H2,1-11H3/t19?,30-/m1/s1. The largest absolute Gasteiger partial charge is 0.598 e. The van der Waals surface area contributed by atoms with Gasteiger partial charge in [-0.15, -0.1) is 4.72 Å². The van der Waals surface area contributed by atoms with Crippen molar-refractivity contribution in [3.05, 3.63) is 11.6 Å². The molecular formula is C23H46N2O4SSi. The molecule has 182 valence electrons. The van der Waals surface area contributed by atoms with Crippen LogP contribution >= 0.6 is 0 Å². The van der Waals surface area contributed by atoms with Crippen LogP contribution in [0.1, 0.15) is 75.2 Å². The van der Waals surface area contributed by atoms with Crippen molar-refractivity contribution in [1.29, 1.82) is 0 Å². The molecule has 1 fully saturated rings. The van der Waals surface area contributed by atoms with E-state index in [-0.39, 0.29) is 21.9 Å². The van der Waals surface area contributed by atoms with Gasteiger partial charge in [0.05, 0.1) is 12.6 Å². The zero-order valence-corrected chi connectivity index (χ0v) is 23.5. The highest BCUT2D eigenvalue weighted by Crippen LogP contribution is 2.36. The van der Waals surface area contributed by atoms with Gasteiger partial charge in [-0.05, 0) is 72.5 Å². The van der Waals surface area contributed by atoms with E-state index in [2.05, 4.69) is 44.7 Å². The van der Waals surface area contributed by atoms with E-state index in [1.165, 1.54) is 5.57 Å². The van der Waals surface area contributed by atoms with Crippen molar-refractivity contribution >= 4 is 25.8 Å². The van der Waals surface area contributed by atoms with Crippen molar-refractivity contribution in [2.75, 3.05) is 19.7 Å². The number of hydrogen-bond donors (Lipinski definition) is 1. The Labute approximate surface area is 195 Å². The summed E-state index contributed by atoms with van der Waals surface area (Å²) in [6.07, 6.45) is 3.50. The lowest BCUT2D eigenvalue weighted by molar-refractivity contribution is 0.0236. The summed E-state index contributed by atoms with van der Waals surface area (Å²) in [5.41, 5.74) is 0.780. The second-order valence-corrected chi connectivity index (χ2v) is 18.8. The van der Waals surface area contributed by atoms with Crippen molar-refractivity contribution in [3.63, 3.8) is 0 Å². The monoisotopic (exact) mass is 474 g/mol. The molecule has 1 heterocycles. The Hall–Kier alpha value is -0.543. The lowest BCUT2D eigenvalue weighted by atomic mass is 10.0. The van der Waals surface area contributed by atoms with Gasteiger partial charge >= 0.3 is 6.09 Å². The number of carbonyl (C=O) groups excluding carboxylic acids is 1. The molecule has 31 heavy (non-hydrogen) atoms. The van der Waals surface area contributed by atoms with Gasteiger partial charge < -0.3 is 18.6 Å². The molecule has 0 aliphatic carbocycles. The maximum Gasteiger partial charge on any atom is 0.410 e. The van der Waals surface area contributed by atoms with Crippen molar-refractivity contribution in [2.45, 2.75) is 110 Å². The number of amides is 1. The van der Waals surface area contributed by atoms with Crippen LogP contribution in [0.25, 0.3) is 0 Å². The molecule has 1 rings (SSSR count). The number of nitrogens with zero attached hydrogens (tertiary/aromatic N) is 1. The predicted molar refractivity (Wildman–Crippen MR) is 133 cm³/mol. The van der Waals surface area contributed by atoms with Crippen molar-refractivity contribution in [1.82, 2.24) is 9.62 Å². The first-order valence-corrected chi connectivity index (χ1v) is 15.4. The van der Waals surface area contributed by atoms with Crippen LogP contribution in [0, 0.1) is 0 Å². The lowest BCUT2D eigenvalue weighted by Crippen LogP contribution is -2.49. The number of carbonyl (C=O) groups is 1. The molecule has 0 saturated carbocycles. The molecule has 0 spiro atoms. The number of rotatable bonds is 6. The summed E-state index contributed by atoms with van der Waals surface area (Å²) in [6.45, 7) is 24.5. The minimum Gasteiger partial charge on any atom is -0.598 e. The Morgan fingerprint density at radius 1 is 1.13 bits per heavy atom. The molecule has 0 bridgehead atoms. The lowest BCUT2D eigenvalue weighted by Gasteiger charge is -2.37. The van der Waals surface area contributed by atoms with Crippen LogP contribution in [-0.2, 0) is 20.5 Å². The number of piperidine rings is 1. The second-order valence-electron chi connectivity index (χ2n) is 12.0. The van der Waals surface area contributed by atoms with E-state index in [0.29, 0.717) is 19.7 Å². The minimum atomic E-state index is -1.92. The van der Waals surface area contributed by atoms with E-state index in [1.807, 2.05) is 41.5 Å². The third-order valence-corrected chi connectivity index (χ3v) is 11.9. The highest BCUT2D eigenvalue weighted by atomic mass is 32.2. The van der Waals surface area contributed by atoms with Gasteiger partial charge in [0.15, 0.2) is 8.32 Å². The normalized spacial score (nSPS) is 18.6. The Kier molecular flexibility index (Phi) is 9.73. The van der Waals surface area contributed by atoms with E-state index in [4.69, 9.17) is 9.16 Å². The quantitative estimate of drug-likeness (QED) is 0.317. The molecule has 1 aliphatic heterocycles. The molecule has 1 N–H and O–H groups in total. The first kappa shape index (κ1) is 28.5. The van der Waals surface area contributed by atoms with Crippen molar-refractivity contribution in [2.24, 2.45) is 0 Å². The average Bonchev–Trinajstić information content (AvgIpc) is 2.57. The highest BCUT2D eigenvalue weighted by molar-refractivity contribution is 7.90. The van der Waals surface area contributed by atoms with Crippen LogP contribution in [0.15, 0.2) is 11.6 Å². The third kappa shape index (κ3) is 9.86. The molecule has 1 amide bonds. The fourth-order valence-electron chi connectivity index (χ4n) is 2.70. The SMILES string of the molecule is CC(C)(C)OC(=O)N1CCC(=CC(CO[Si](C)(C)C(C)(C)C)N[S@+]([O-])C(C)(C)C)CC1. The van der Waals surface area contributed by atoms with E-state index in [9.17, 15) is 9.35 Å². The van der Waals surface area contributed by atoms with Crippen LogP contribution in [0.4, 0.5) is 4.79 Å². The van der Waals surface area contributed by atoms with Crippen molar-refractivity contribution in [3.8, 4) is 0 Å². The van der Waals surface area contributed by atoms with Crippen LogP contribution in [0.2, 0.25) is 18.1 Å². The summed E-state index contributed by atoms with van der Waals surface area (Å²) >= 11 is -1.19. The fraction of sp³-hybridized carbons (Fsp3) is 0.870. The molecule has 1 unspecified atom stereocenters. The molecule has 0 aromatic heterocycles. The molecule has 0 aromatic carbocycles. The van der Waals surface area contributed by atoms with E-state index >= 15 is 0 Å². The Morgan fingerprint density at radius 3 is 2.06 bits per heavy atom. The Balaban J connectivity index is 2.85. The number of ether oxygens (including phenoxy) is 1. The van der Waals surface area contributed by atoms with E-state index in [1.54, 1.807) is 4.90 Å². The molecule has 0 aromatic rings. The molecule has 8 heteroatoms. The first-order chi connectivity index (χ1) is 13.8. The predicted octanol–water partition coefficient (Wildman–Crippen LogP) is 5.39. The second kappa shape index (κ2) is 10.6. The van der Waals surface area contributed by atoms with Gasteiger partial charge in [-0.25, -0.2) is 4.79 Å². The zero-order valence-electron chi connectivity index (χ0n) is 21.7. The smallest absolute Gasteiger partial charge is 0.410 e. The van der Waals surface area contributed by atoms with Crippen LogP contribution in [0.5, 0.6) is 0 Å². The van der Waals surface area contributed by atoms with Gasteiger partial charge in [-0.2, -0.15) is 0 Å². The van der Waals surface area contributed by atoms with Crippen molar-refractivity contribution < 1.29 is 18.5 Å². The van der Waals surface area contributed by atoms with Crippen LogP contribution in [0.3, 0.4) is 0 Å². The molecule has 0 radical (unpaired) electrons. The number of nitrogens with one attached hydrogen (secondary N) is 1. The van der Waals surface area contributed by atoms with Gasteiger partial charge in [0, 0.05) is 24.5 Å².